The first kappa shape index (κ1) is 18.0. The van der Waals surface area contributed by atoms with Gasteiger partial charge in [0.2, 0.25) is 5.91 Å². The van der Waals surface area contributed by atoms with Crippen LogP contribution in [0.15, 0.2) is 23.6 Å². The summed E-state index contributed by atoms with van der Waals surface area (Å²) in [5.74, 6) is -0.168. The number of hydrogen-bond donors (Lipinski definition) is 1. The van der Waals surface area contributed by atoms with E-state index in [4.69, 9.17) is 0 Å². The molecule has 1 amide bonds. The van der Waals surface area contributed by atoms with Crippen LogP contribution in [-0.2, 0) is 4.79 Å². The fourth-order valence-electron chi connectivity index (χ4n) is 2.46. The predicted molar refractivity (Wildman–Crippen MR) is 106 cm³/mol. The van der Waals surface area contributed by atoms with Gasteiger partial charge in [-0.3, -0.25) is 9.59 Å². The third-order valence-electron chi connectivity index (χ3n) is 3.66. The van der Waals surface area contributed by atoms with Gasteiger partial charge in [0.25, 0.3) is 0 Å². The molecule has 0 atom stereocenters. The number of Topliss-reactive ketones (excluding diaryl/α,β-unsaturated/α-hetero) is 1. The Balaban J connectivity index is 1.57. The van der Waals surface area contributed by atoms with Crippen molar-refractivity contribution in [2.45, 2.75) is 33.6 Å². The van der Waals surface area contributed by atoms with Gasteiger partial charge in [-0.2, -0.15) is 0 Å². The highest BCUT2D eigenvalue weighted by molar-refractivity contribution is 7.14. The molecule has 0 fully saturated rings. The van der Waals surface area contributed by atoms with E-state index in [0.29, 0.717) is 10.0 Å². The molecule has 1 N–H and O–H groups in total. The molecule has 0 spiro atoms. The highest BCUT2D eigenvalue weighted by Crippen LogP contribution is 2.32. The summed E-state index contributed by atoms with van der Waals surface area (Å²) in [7, 11) is 0. The second-order valence-corrected chi connectivity index (χ2v) is 9.35. The predicted octanol–water partition coefficient (Wildman–Crippen LogP) is 5.46. The van der Waals surface area contributed by atoms with Crippen molar-refractivity contribution in [3.8, 4) is 11.3 Å². The maximum atomic E-state index is 12.1. The monoisotopic (exact) mass is 390 g/mol. The standard InChI is InChI=1S/C18H18N2O2S3/c1-10-4-6-16(25-10)15(21)5-7-17(22)20-18-19-14(9-23-18)13-8-11(2)24-12(13)3/h4,6,8-9H,5,7H2,1-3H3,(H,19,20,22). The van der Waals surface area contributed by atoms with Gasteiger partial charge in [-0.1, -0.05) is 0 Å². The number of thiazole rings is 1. The molecule has 0 bridgehead atoms. The van der Waals surface area contributed by atoms with Crippen LogP contribution in [0.2, 0.25) is 0 Å². The van der Waals surface area contributed by atoms with Crippen molar-refractivity contribution in [2.24, 2.45) is 0 Å². The lowest BCUT2D eigenvalue weighted by molar-refractivity contribution is -0.116. The molecular weight excluding hydrogens is 372 g/mol. The summed E-state index contributed by atoms with van der Waals surface area (Å²) >= 11 is 4.61. The molecule has 0 radical (unpaired) electrons. The molecular formula is C18H18N2O2S3. The first-order valence-electron chi connectivity index (χ1n) is 7.85. The number of anilines is 1. The van der Waals surface area contributed by atoms with E-state index in [-0.39, 0.29) is 24.5 Å². The summed E-state index contributed by atoms with van der Waals surface area (Å²) < 4.78 is 0. The Morgan fingerprint density at radius 1 is 1.08 bits per heavy atom. The molecule has 25 heavy (non-hydrogen) atoms. The van der Waals surface area contributed by atoms with E-state index in [1.54, 1.807) is 11.3 Å². The van der Waals surface area contributed by atoms with Crippen LogP contribution in [0, 0.1) is 20.8 Å². The van der Waals surface area contributed by atoms with E-state index < -0.39 is 0 Å². The minimum absolute atomic E-state index is 0.0115. The van der Waals surface area contributed by atoms with Crippen molar-refractivity contribution in [1.29, 1.82) is 0 Å². The van der Waals surface area contributed by atoms with Crippen molar-refractivity contribution in [3.63, 3.8) is 0 Å². The quantitative estimate of drug-likeness (QED) is 0.569. The molecule has 0 aliphatic carbocycles. The number of carbonyl (C=O) groups excluding carboxylic acids is 2. The summed E-state index contributed by atoms with van der Waals surface area (Å²) in [5.41, 5.74) is 2.00. The van der Waals surface area contributed by atoms with Crippen LogP contribution in [0.3, 0.4) is 0 Å². The van der Waals surface area contributed by atoms with Crippen molar-refractivity contribution < 1.29 is 9.59 Å². The van der Waals surface area contributed by atoms with Crippen LogP contribution in [0.25, 0.3) is 11.3 Å². The van der Waals surface area contributed by atoms with Gasteiger partial charge >= 0.3 is 0 Å². The fraction of sp³-hybridized carbons (Fsp3) is 0.278. The zero-order valence-electron chi connectivity index (χ0n) is 14.2. The minimum Gasteiger partial charge on any atom is -0.302 e. The Bertz CT molecular complexity index is 921. The second-order valence-electron chi connectivity index (χ2n) is 5.75. The number of amides is 1. The SMILES string of the molecule is Cc1ccc(C(=O)CCC(=O)Nc2nc(-c3cc(C)sc3C)cs2)s1. The third-order valence-corrected chi connectivity index (χ3v) is 6.43. The van der Waals surface area contributed by atoms with Gasteiger partial charge in [-0.15, -0.1) is 34.0 Å². The van der Waals surface area contributed by atoms with Gasteiger partial charge in [-0.25, -0.2) is 4.98 Å². The van der Waals surface area contributed by atoms with Crippen molar-refractivity contribution >= 4 is 50.8 Å². The van der Waals surface area contributed by atoms with E-state index in [0.717, 1.165) is 16.1 Å². The molecule has 3 aromatic rings. The maximum absolute atomic E-state index is 12.1. The Labute approximate surface area is 158 Å². The highest BCUT2D eigenvalue weighted by atomic mass is 32.1. The van der Waals surface area contributed by atoms with Gasteiger partial charge < -0.3 is 5.32 Å². The van der Waals surface area contributed by atoms with Crippen LogP contribution in [0.5, 0.6) is 0 Å². The molecule has 3 heterocycles. The smallest absolute Gasteiger partial charge is 0.226 e. The van der Waals surface area contributed by atoms with Gasteiger partial charge in [0.1, 0.15) is 0 Å². The molecule has 3 rings (SSSR count). The summed E-state index contributed by atoms with van der Waals surface area (Å²) in [5, 5.41) is 5.31. The summed E-state index contributed by atoms with van der Waals surface area (Å²) in [6.07, 6.45) is 0.383. The first-order valence-corrected chi connectivity index (χ1v) is 10.4. The Kier molecular flexibility index (Phi) is 5.46. The lowest BCUT2D eigenvalue weighted by Gasteiger charge is -2.01. The zero-order valence-corrected chi connectivity index (χ0v) is 16.7. The van der Waals surface area contributed by atoms with Crippen molar-refractivity contribution in [3.05, 3.63) is 43.1 Å². The van der Waals surface area contributed by atoms with Crippen LogP contribution >= 0.6 is 34.0 Å². The molecule has 4 nitrogen and oxygen atoms in total. The van der Waals surface area contributed by atoms with E-state index >= 15 is 0 Å². The van der Waals surface area contributed by atoms with Gasteiger partial charge in [0.05, 0.1) is 10.6 Å². The minimum atomic E-state index is -0.180. The molecule has 0 unspecified atom stereocenters. The van der Waals surface area contributed by atoms with E-state index in [1.165, 1.54) is 32.4 Å². The summed E-state index contributed by atoms with van der Waals surface area (Å²) in [6, 6.07) is 5.85. The number of aryl methyl sites for hydroxylation is 3. The van der Waals surface area contributed by atoms with E-state index in [9.17, 15) is 9.59 Å². The normalized spacial score (nSPS) is 10.8. The van der Waals surface area contributed by atoms with Crippen molar-refractivity contribution in [1.82, 2.24) is 4.98 Å². The maximum Gasteiger partial charge on any atom is 0.226 e. The molecule has 3 aromatic heterocycles. The van der Waals surface area contributed by atoms with E-state index in [1.807, 2.05) is 24.4 Å². The molecule has 7 heteroatoms. The Hall–Kier alpha value is -1.83. The largest absolute Gasteiger partial charge is 0.302 e. The Morgan fingerprint density at radius 2 is 1.88 bits per heavy atom. The lowest BCUT2D eigenvalue weighted by Crippen LogP contribution is -2.13. The van der Waals surface area contributed by atoms with E-state index in [2.05, 4.69) is 30.2 Å². The number of hydrogen-bond acceptors (Lipinski definition) is 6. The average Bonchev–Trinajstić information content (AvgIpc) is 3.26. The molecule has 130 valence electrons. The topological polar surface area (TPSA) is 59.1 Å². The number of nitrogens with one attached hydrogen (secondary N) is 1. The van der Waals surface area contributed by atoms with Gasteiger partial charge in [-0.05, 0) is 39.0 Å². The number of rotatable bonds is 6. The number of aromatic nitrogens is 1. The molecule has 0 saturated carbocycles. The van der Waals surface area contributed by atoms with Crippen LogP contribution in [-0.4, -0.2) is 16.7 Å². The van der Waals surface area contributed by atoms with Crippen LogP contribution in [0.1, 0.15) is 37.1 Å². The number of nitrogens with zero attached hydrogens (tertiary/aromatic N) is 1. The Morgan fingerprint density at radius 3 is 2.52 bits per heavy atom. The number of ketones is 1. The fourth-order valence-corrected chi connectivity index (χ4v) is 4.95. The van der Waals surface area contributed by atoms with Crippen molar-refractivity contribution in [2.75, 3.05) is 5.32 Å². The number of carbonyl (C=O) groups is 2. The van der Waals surface area contributed by atoms with Gasteiger partial charge in [0.15, 0.2) is 10.9 Å². The lowest BCUT2D eigenvalue weighted by atomic mass is 10.2. The average molecular weight is 391 g/mol. The van der Waals surface area contributed by atoms with Crippen LogP contribution in [0.4, 0.5) is 5.13 Å². The summed E-state index contributed by atoms with van der Waals surface area (Å²) in [6.45, 7) is 6.11. The highest BCUT2D eigenvalue weighted by Gasteiger charge is 2.14. The molecule has 0 aromatic carbocycles. The number of thiophene rings is 2. The molecule has 0 saturated heterocycles. The zero-order chi connectivity index (χ0) is 18.0. The van der Waals surface area contributed by atoms with Crippen LogP contribution < -0.4 is 5.32 Å². The first-order chi connectivity index (χ1) is 11.9. The summed E-state index contributed by atoms with van der Waals surface area (Å²) in [4.78, 5) is 32.9. The molecule has 0 aliphatic heterocycles. The molecule has 0 aliphatic rings. The second kappa shape index (κ2) is 7.59. The third kappa shape index (κ3) is 4.42. The van der Waals surface area contributed by atoms with Gasteiger partial charge in [0, 0.05) is 38.4 Å².